The van der Waals surface area contributed by atoms with E-state index in [2.05, 4.69) is 40.0 Å². The van der Waals surface area contributed by atoms with E-state index >= 15 is 0 Å². The Kier molecular flexibility index (Phi) is 3.79. The average molecular weight is 357 g/mol. The maximum Gasteiger partial charge on any atom is 0.139 e. The molecule has 0 aliphatic rings. The quantitative estimate of drug-likeness (QED) is 0.650. The molecule has 18 heavy (non-hydrogen) atoms. The number of nitrogens with zero attached hydrogens (tertiary/aromatic N) is 1. The number of hydrogen-bond donors (Lipinski definition) is 2. The molecule has 0 aliphatic heterocycles. The predicted octanol–water partition coefficient (Wildman–Crippen LogP) is 3.65. The molecule has 96 valence electrons. The van der Waals surface area contributed by atoms with Crippen LogP contribution >= 0.6 is 22.6 Å². The zero-order valence-corrected chi connectivity index (χ0v) is 12.8. The van der Waals surface area contributed by atoms with Crippen molar-refractivity contribution in [3.05, 3.63) is 38.8 Å². The van der Waals surface area contributed by atoms with Crippen LogP contribution in [0.2, 0.25) is 0 Å². The summed E-state index contributed by atoms with van der Waals surface area (Å²) in [6, 6.07) is 5.98. The predicted molar refractivity (Wildman–Crippen MR) is 81.6 cm³/mol. The highest BCUT2D eigenvalue weighted by Crippen LogP contribution is 2.28. The molecular weight excluding hydrogens is 341 g/mol. The minimum absolute atomic E-state index is 0.147. The molecule has 3 N–H and O–H groups in total. The number of halogens is 1. The Morgan fingerprint density at radius 2 is 2.11 bits per heavy atom. The Morgan fingerprint density at radius 3 is 2.67 bits per heavy atom. The number of aryl methyl sites for hydroxylation is 2. The van der Waals surface area contributed by atoms with Gasteiger partial charge in [0.05, 0.1) is 11.7 Å². The van der Waals surface area contributed by atoms with Gasteiger partial charge in [-0.1, -0.05) is 5.16 Å². The third-order valence-corrected chi connectivity index (χ3v) is 3.78. The van der Waals surface area contributed by atoms with E-state index in [0.717, 1.165) is 32.0 Å². The summed E-state index contributed by atoms with van der Waals surface area (Å²) in [5.41, 5.74) is 9.63. The molecule has 0 radical (unpaired) electrons. The molecule has 0 saturated carbocycles. The summed E-state index contributed by atoms with van der Waals surface area (Å²) in [7, 11) is 0. The molecule has 4 nitrogen and oxygen atoms in total. The van der Waals surface area contributed by atoms with Crippen molar-refractivity contribution < 1.29 is 4.52 Å². The lowest BCUT2D eigenvalue weighted by molar-refractivity contribution is 0.392. The van der Waals surface area contributed by atoms with Crippen LogP contribution < -0.4 is 11.1 Å². The van der Waals surface area contributed by atoms with Gasteiger partial charge < -0.3 is 15.6 Å². The molecule has 0 bridgehead atoms. The summed E-state index contributed by atoms with van der Waals surface area (Å²) in [5.74, 6) is 0.859. The Hall–Kier alpha value is -1.24. The number of anilines is 2. The van der Waals surface area contributed by atoms with Crippen molar-refractivity contribution in [1.82, 2.24) is 5.16 Å². The molecule has 0 aliphatic carbocycles. The van der Waals surface area contributed by atoms with Crippen molar-refractivity contribution in [1.29, 1.82) is 0 Å². The second-order valence-electron chi connectivity index (χ2n) is 4.34. The average Bonchev–Trinajstić information content (AvgIpc) is 2.62. The first-order valence-electron chi connectivity index (χ1n) is 5.73. The van der Waals surface area contributed by atoms with Gasteiger partial charge in [-0.25, -0.2) is 0 Å². The molecule has 1 aromatic heterocycles. The van der Waals surface area contributed by atoms with Crippen LogP contribution in [0.3, 0.4) is 0 Å². The van der Waals surface area contributed by atoms with Gasteiger partial charge in [-0.15, -0.1) is 0 Å². The van der Waals surface area contributed by atoms with Crippen LogP contribution in [0, 0.1) is 17.4 Å². The lowest BCUT2D eigenvalue weighted by Crippen LogP contribution is -2.09. The Morgan fingerprint density at radius 1 is 1.39 bits per heavy atom. The van der Waals surface area contributed by atoms with Crippen molar-refractivity contribution in [3.8, 4) is 0 Å². The number of aromatic nitrogens is 1. The van der Waals surface area contributed by atoms with Gasteiger partial charge >= 0.3 is 0 Å². The highest BCUT2D eigenvalue weighted by molar-refractivity contribution is 14.1. The molecule has 5 heteroatoms. The lowest BCUT2D eigenvalue weighted by Gasteiger charge is -2.16. The second-order valence-corrected chi connectivity index (χ2v) is 5.51. The largest absolute Gasteiger partial charge is 0.399 e. The van der Waals surface area contributed by atoms with Gasteiger partial charge in [-0.05, 0) is 61.6 Å². The maximum atomic E-state index is 5.74. The van der Waals surface area contributed by atoms with Crippen molar-refractivity contribution in [2.24, 2.45) is 0 Å². The van der Waals surface area contributed by atoms with E-state index in [1.165, 1.54) is 0 Å². The van der Waals surface area contributed by atoms with Gasteiger partial charge in [-0.3, -0.25) is 0 Å². The maximum absolute atomic E-state index is 5.74. The lowest BCUT2D eigenvalue weighted by atomic mass is 10.1. The minimum atomic E-state index is 0.147. The standard InChI is InChI=1S/C13H16IN3O/c1-7(13-8(2)17-18-9(13)3)16-12-5-4-10(15)6-11(12)14/h4-7,16H,15H2,1-3H3. The van der Waals surface area contributed by atoms with Crippen LogP contribution in [0.1, 0.15) is 30.0 Å². The SMILES string of the molecule is Cc1noc(C)c1C(C)Nc1ccc(N)cc1I. The van der Waals surface area contributed by atoms with Crippen LogP contribution in [-0.2, 0) is 0 Å². The van der Waals surface area contributed by atoms with Crippen molar-refractivity contribution in [2.45, 2.75) is 26.8 Å². The third-order valence-electron chi connectivity index (χ3n) is 2.89. The van der Waals surface area contributed by atoms with Gasteiger partial charge in [0.2, 0.25) is 0 Å². The van der Waals surface area contributed by atoms with Crippen LogP contribution in [0.4, 0.5) is 11.4 Å². The zero-order chi connectivity index (χ0) is 13.3. The highest BCUT2D eigenvalue weighted by Gasteiger charge is 2.16. The molecule has 2 aromatic rings. The van der Waals surface area contributed by atoms with Crippen molar-refractivity contribution in [2.75, 3.05) is 11.1 Å². The van der Waals surface area contributed by atoms with E-state index in [-0.39, 0.29) is 6.04 Å². The van der Waals surface area contributed by atoms with Gasteiger partial charge in [0.1, 0.15) is 5.76 Å². The summed E-state index contributed by atoms with van der Waals surface area (Å²) < 4.78 is 6.29. The van der Waals surface area contributed by atoms with Crippen LogP contribution in [-0.4, -0.2) is 5.16 Å². The number of benzene rings is 1. The molecular formula is C13H16IN3O. The normalized spacial score (nSPS) is 12.4. The molecule has 0 spiro atoms. The first-order chi connectivity index (χ1) is 8.49. The van der Waals surface area contributed by atoms with Gasteiger partial charge in [-0.2, -0.15) is 0 Å². The summed E-state index contributed by atoms with van der Waals surface area (Å²) in [6.07, 6.45) is 0. The van der Waals surface area contributed by atoms with E-state index in [1.54, 1.807) is 0 Å². The summed E-state index contributed by atoms with van der Waals surface area (Å²) in [4.78, 5) is 0. The second kappa shape index (κ2) is 5.17. The van der Waals surface area contributed by atoms with Gasteiger partial charge in [0.25, 0.3) is 0 Å². The highest BCUT2D eigenvalue weighted by atomic mass is 127. The fraction of sp³-hybridized carbons (Fsp3) is 0.308. The van der Waals surface area contributed by atoms with Crippen molar-refractivity contribution in [3.63, 3.8) is 0 Å². The van der Waals surface area contributed by atoms with Crippen LogP contribution in [0.15, 0.2) is 22.7 Å². The summed E-state index contributed by atoms with van der Waals surface area (Å²) in [6.45, 7) is 5.98. The van der Waals surface area contributed by atoms with E-state index in [9.17, 15) is 0 Å². The van der Waals surface area contributed by atoms with Crippen molar-refractivity contribution >= 4 is 34.0 Å². The molecule has 2 rings (SSSR count). The molecule has 1 unspecified atom stereocenters. The Labute approximate surface area is 120 Å². The Balaban J connectivity index is 2.24. The first-order valence-corrected chi connectivity index (χ1v) is 6.81. The number of hydrogen-bond acceptors (Lipinski definition) is 4. The minimum Gasteiger partial charge on any atom is -0.399 e. The molecule has 1 atom stereocenters. The fourth-order valence-electron chi connectivity index (χ4n) is 2.06. The fourth-order valence-corrected chi connectivity index (χ4v) is 2.76. The zero-order valence-electron chi connectivity index (χ0n) is 10.6. The van der Waals surface area contributed by atoms with Crippen LogP contribution in [0.25, 0.3) is 0 Å². The van der Waals surface area contributed by atoms with E-state index in [4.69, 9.17) is 10.3 Å². The number of nitrogens with two attached hydrogens (primary N) is 1. The number of rotatable bonds is 3. The molecule has 1 aromatic carbocycles. The van der Waals surface area contributed by atoms with Gasteiger partial charge in [0, 0.05) is 20.5 Å². The Bertz CT molecular complexity index is 546. The summed E-state index contributed by atoms with van der Waals surface area (Å²) >= 11 is 2.27. The number of nitrogens with one attached hydrogen (secondary N) is 1. The van der Waals surface area contributed by atoms with Gasteiger partial charge in [0.15, 0.2) is 0 Å². The van der Waals surface area contributed by atoms with Crippen LogP contribution in [0.5, 0.6) is 0 Å². The molecule has 0 amide bonds. The topological polar surface area (TPSA) is 64.1 Å². The summed E-state index contributed by atoms with van der Waals surface area (Å²) in [5, 5.41) is 7.44. The molecule has 0 fully saturated rings. The molecule has 1 heterocycles. The smallest absolute Gasteiger partial charge is 0.139 e. The van der Waals surface area contributed by atoms with E-state index < -0.39 is 0 Å². The molecule has 0 saturated heterocycles. The number of nitrogen functional groups attached to an aromatic ring is 1. The monoisotopic (exact) mass is 357 g/mol. The third kappa shape index (κ3) is 2.60. The van der Waals surface area contributed by atoms with E-state index in [1.807, 2.05) is 32.0 Å². The first kappa shape index (κ1) is 13.2. The van der Waals surface area contributed by atoms with E-state index in [0.29, 0.717) is 0 Å².